The summed E-state index contributed by atoms with van der Waals surface area (Å²) >= 11 is 3.28. The lowest BCUT2D eigenvalue weighted by atomic mass is 10.3. The van der Waals surface area contributed by atoms with Crippen molar-refractivity contribution in [2.24, 2.45) is 0 Å². The van der Waals surface area contributed by atoms with Crippen LogP contribution in [0.25, 0.3) is 0 Å². The molecule has 1 N–H and O–H groups in total. The average Bonchev–Trinajstić information content (AvgIpc) is 2.01. The molecule has 0 fully saturated rings. The van der Waals surface area contributed by atoms with Gasteiger partial charge in [-0.15, -0.1) is 0 Å². The number of benzene rings is 1. The topological polar surface area (TPSA) is 38.3 Å². The Morgan fingerprint density at radius 3 is 2.92 bits per heavy atom. The van der Waals surface area contributed by atoms with Crippen LogP contribution in [0.4, 0.5) is 0 Å². The number of halogens is 1. The van der Waals surface area contributed by atoms with E-state index in [-0.39, 0.29) is 5.91 Å². The van der Waals surface area contributed by atoms with Crippen LogP contribution in [-0.4, -0.2) is 5.91 Å². The second-order valence-corrected chi connectivity index (χ2v) is 3.13. The molecule has 4 heteroatoms. The highest BCUT2D eigenvalue weighted by Crippen LogP contribution is 2.16. The van der Waals surface area contributed by atoms with Crippen LogP contribution >= 0.6 is 15.9 Å². The Morgan fingerprint density at radius 1 is 1.58 bits per heavy atom. The minimum absolute atomic E-state index is 0.227. The highest BCUT2D eigenvalue weighted by molar-refractivity contribution is 9.10. The molecule has 3 nitrogen and oxygen atoms in total. The maximum absolute atomic E-state index is 10.5. The van der Waals surface area contributed by atoms with Gasteiger partial charge in [0.05, 0.1) is 0 Å². The zero-order chi connectivity index (χ0) is 8.97. The summed E-state index contributed by atoms with van der Waals surface area (Å²) in [5.74, 6) is 0.370. The van der Waals surface area contributed by atoms with Gasteiger partial charge in [0.1, 0.15) is 0 Å². The number of carbonyl (C=O) groups is 1. The Bertz CT molecular complexity index is 288. The summed E-state index contributed by atoms with van der Waals surface area (Å²) in [6, 6.07) is 7.21. The third-order valence-corrected chi connectivity index (χ3v) is 1.60. The number of nitrogens with one attached hydrogen (secondary N) is 1. The lowest BCUT2D eigenvalue weighted by Crippen LogP contribution is -2.23. The van der Waals surface area contributed by atoms with Gasteiger partial charge in [-0.25, -0.2) is 0 Å². The van der Waals surface area contributed by atoms with Gasteiger partial charge in [-0.05, 0) is 18.2 Å². The van der Waals surface area contributed by atoms with Gasteiger partial charge >= 0.3 is 0 Å². The Kier molecular flexibility index (Phi) is 3.10. The van der Waals surface area contributed by atoms with Crippen LogP contribution in [0.3, 0.4) is 0 Å². The van der Waals surface area contributed by atoms with Gasteiger partial charge in [0, 0.05) is 11.4 Å². The molecule has 0 saturated heterocycles. The molecular formula is C8H8BrNO2. The van der Waals surface area contributed by atoms with Crippen LogP contribution in [0.1, 0.15) is 6.92 Å². The highest BCUT2D eigenvalue weighted by atomic mass is 79.9. The van der Waals surface area contributed by atoms with E-state index < -0.39 is 0 Å². The van der Waals surface area contributed by atoms with Crippen molar-refractivity contribution in [2.75, 3.05) is 0 Å². The van der Waals surface area contributed by atoms with Gasteiger partial charge in [0.2, 0.25) is 5.91 Å². The zero-order valence-electron chi connectivity index (χ0n) is 6.50. The fourth-order valence-corrected chi connectivity index (χ4v) is 1.04. The molecular weight excluding hydrogens is 222 g/mol. The fourth-order valence-electron chi connectivity index (χ4n) is 0.661. The monoisotopic (exact) mass is 229 g/mol. The molecule has 1 aromatic rings. The first-order valence-corrected chi connectivity index (χ1v) is 4.17. The van der Waals surface area contributed by atoms with Crippen LogP contribution < -0.4 is 10.3 Å². The minimum atomic E-state index is -0.227. The molecule has 0 saturated carbocycles. The molecule has 0 radical (unpaired) electrons. The van der Waals surface area contributed by atoms with E-state index in [0.29, 0.717) is 5.75 Å². The van der Waals surface area contributed by atoms with Crippen molar-refractivity contribution in [1.82, 2.24) is 5.48 Å². The molecule has 1 rings (SSSR count). The third-order valence-electron chi connectivity index (χ3n) is 1.11. The maximum atomic E-state index is 10.5. The molecule has 0 atom stereocenters. The number of carbonyl (C=O) groups excluding carboxylic acids is 1. The van der Waals surface area contributed by atoms with Gasteiger partial charge < -0.3 is 4.84 Å². The predicted octanol–water partition coefficient (Wildman–Crippen LogP) is 1.88. The van der Waals surface area contributed by atoms with Crippen molar-refractivity contribution in [3.05, 3.63) is 28.7 Å². The van der Waals surface area contributed by atoms with Crippen molar-refractivity contribution in [3.8, 4) is 5.75 Å². The second-order valence-electron chi connectivity index (χ2n) is 2.22. The quantitative estimate of drug-likeness (QED) is 0.787. The summed E-state index contributed by atoms with van der Waals surface area (Å²) < 4.78 is 0.908. The van der Waals surface area contributed by atoms with Gasteiger partial charge in [-0.1, -0.05) is 22.0 Å². The van der Waals surface area contributed by atoms with E-state index >= 15 is 0 Å². The smallest absolute Gasteiger partial charge is 0.249 e. The normalized spacial score (nSPS) is 9.17. The van der Waals surface area contributed by atoms with Crippen molar-refractivity contribution in [1.29, 1.82) is 0 Å². The molecule has 1 aromatic carbocycles. The molecule has 64 valence electrons. The van der Waals surface area contributed by atoms with Crippen molar-refractivity contribution >= 4 is 21.8 Å². The Balaban J connectivity index is 2.57. The van der Waals surface area contributed by atoms with Gasteiger partial charge in [-0.2, -0.15) is 5.48 Å². The number of hydroxylamine groups is 1. The van der Waals surface area contributed by atoms with Crippen LogP contribution in [0.15, 0.2) is 28.7 Å². The standard InChI is InChI=1S/C8H8BrNO2/c1-6(11)10-12-8-4-2-3-7(9)5-8/h2-5H,1H3,(H,10,11). The molecule has 0 aromatic heterocycles. The van der Waals surface area contributed by atoms with Gasteiger partial charge in [0.15, 0.2) is 5.75 Å². The van der Waals surface area contributed by atoms with Crippen LogP contribution in [0.5, 0.6) is 5.75 Å². The first-order chi connectivity index (χ1) is 5.68. The second kappa shape index (κ2) is 4.11. The SMILES string of the molecule is CC(=O)NOc1cccc(Br)c1. The van der Waals surface area contributed by atoms with E-state index in [1.54, 1.807) is 12.1 Å². The van der Waals surface area contributed by atoms with E-state index in [1.807, 2.05) is 12.1 Å². The number of hydrogen-bond acceptors (Lipinski definition) is 2. The maximum Gasteiger partial charge on any atom is 0.249 e. The molecule has 0 bridgehead atoms. The molecule has 0 heterocycles. The van der Waals surface area contributed by atoms with Crippen molar-refractivity contribution in [3.63, 3.8) is 0 Å². The van der Waals surface area contributed by atoms with Gasteiger partial charge in [-0.3, -0.25) is 4.79 Å². The number of hydrogen-bond donors (Lipinski definition) is 1. The molecule has 1 amide bonds. The van der Waals surface area contributed by atoms with E-state index in [0.717, 1.165) is 4.47 Å². The third kappa shape index (κ3) is 2.92. The first-order valence-electron chi connectivity index (χ1n) is 3.37. The van der Waals surface area contributed by atoms with E-state index in [4.69, 9.17) is 4.84 Å². The van der Waals surface area contributed by atoms with Gasteiger partial charge in [0.25, 0.3) is 0 Å². The molecule has 12 heavy (non-hydrogen) atoms. The lowest BCUT2D eigenvalue weighted by molar-refractivity contribution is -0.125. The Labute approximate surface area is 78.8 Å². The Hall–Kier alpha value is -1.03. The first kappa shape index (κ1) is 9.06. The molecule has 0 unspecified atom stereocenters. The highest BCUT2D eigenvalue weighted by Gasteiger charge is 1.95. The fraction of sp³-hybridized carbons (Fsp3) is 0.125. The molecule has 0 aliphatic rings. The van der Waals surface area contributed by atoms with E-state index in [9.17, 15) is 4.79 Å². The van der Waals surface area contributed by atoms with E-state index in [2.05, 4.69) is 21.4 Å². The summed E-state index contributed by atoms with van der Waals surface area (Å²) in [4.78, 5) is 15.4. The summed E-state index contributed by atoms with van der Waals surface area (Å²) in [5, 5.41) is 0. The predicted molar refractivity (Wildman–Crippen MR) is 48.6 cm³/mol. The van der Waals surface area contributed by atoms with Crippen LogP contribution in [-0.2, 0) is 4.79 Å². The summed E-state index contributed by atoms with van der Waals surface area (Å²) in [7, 11) is 0. The Morgan fingerprint density at radius 2 is 2.33 bits per heavy atom. The molecule has 0 aliphatic carbocycles. The average molecular weight is 230 g/mol. The largest absolute Gasteiger partial charge is 0.380 e. The van der Waals surface area contributed by atoms with Crippen molar-refractivity contribution in [2.45, 2.75) is 6.92 Å². The van der Waals surface area contributed by atoms with E-state index in [1.165, 1.54) is 6.92 Å². The number of amides is 1. The molecule has 0 spiro atoms. The summed E-state index contributed by atoms with van der Waals surface area (Å²) in [6.45, 7) is 1.39. The van der Waals surface area contributed by atoms with Crippen LogP contribution in [0.2, 0.25) is 0 Å². The summed E-state index contributed by atoms with van der Waals surface area (Å²) in [6.07, 6.45) is 0. The zero-order valence-corrected chi connectivity index (χ0v) is 8.09. The lowest BCUT2D eigenvalue weighted by Gasteiger charge is -2.03. The molecule has 0 aliphatic heterocycles. The van der Waals surface area contributed by atoms with Crippen LogP contribution in [0, 0.1) is 0 Å². The van der Waals surface area contributed by atoms with Crippen molar-refractivity contribution < 1.29 is 9.63 Å². The minimum Gasteiger partial charge on any atom is -0.380 e. The number of rotatable bonds is 2. The summed E-state index contributed by atoms with van der Waals surface area (Å²) in [5.41, 5.74) is 2.23.